The van der Waals surface area contributed by atoms with Crippen molar-refractivity contribution in [2.45, 2.75) is 39.2 Å². The monoisotopic (exact) mass is 272 g/mol. The number of hydrogen-bond acceptors (Lipinski definition) is 4. The zero-order valence-corrected chi connectivity index (χ0v) is 11.7. The van der Waals surface area contributed by atoms with Crippen LogP contribution in [0.5, 0.6) is 0 Å². The third-order valence-electron chi connectivity index (χ3n) is 5.83. The SMILES string of the molecule is CC1(C)C2CCC13CS(=O)(=O)N(C(=O)CN)C3C2. The molecule has 3 fully saturated rings. The lowest BCUT2D eigenvalue weighted by Gasteiger charge is -2.37. The van der Waals surface area contributed by atoms with Crippen molar-refractivity contribution in [1.82, 2.24) is 4.31 Å². The number of carbonyl (C=O) groups excluding carboxylic acids is 1. The second-order valence-corrected chi connectivity index (χ2v) is 8.36. The summed E-state index contributed by atoms with van der Waals surface area (Å²) in [6.07, 6.45) is 2.82. The Morgan fingerprint density at radius 2 is 2.11 bits per heavy atom. The summed E-state index contributed by atoms with van der Waals surface area (Å²) in [6, 6.07) is -0.146. The van der Waals surface area contributed by atoms with Gasteiger partial charge in [0.05, 0.1) is 18.3 Å². The minimum atomic E-state index is -3.47. The number of sulfonamides is 1. The van der Waals surface area contributed by atoms with Crippen LogP contribution in [0, 0.1) is 16.7 Å². The van der Waals surface area contributed by atoms with Crippen LogP contribution in [0.25, 0.3) is 0 Å². The van der Waals surface area contributed by atoms with Crippen molar-refractivity contribution >= 4 is 15.9 Å². The minimum Gasteiger partial charge on any atom is -0.322 e. The molecule has 2 bridgehead atoms. The number of amides is 1. The smallest absolute Gasteiger partial charge is 0.250 e. The standard InChI is InChI=1S/C12H20N2O3S/c1-11(2)8-3-4-12(11)7-18(16,17)14(9(12)5-8)10(15)6-13/h8-9H,3-7,13H2,1-2H3. The van der Waals surface area contributed by atoms with Gasteiger partial charge in [-0.15, -0.1) is 0 Å². The van der Waals surface area contributed by atoms with E-state index >= 15 is 0 Å². The van der Waals surface area contributed by atoms with Crippen LogP contribution in [0.1, 0.15) is 33.1 Å². The first-order chi connectivity index (χ1) is 8.26. The van der Waals surface area contributed by atoms with Crippen LogP contribution in [0.4, 0.5) is 0 Å². The first-order valence-corrected chi connectivity index (χ1v) is 8.12. The van der Waals surface area contributed by atoms with Crippen molar-refractivity contribution in [3.8, 4) is 0 Å². The molecule has 0 radical (unpaired) electrons. The molecule has 2 saturated carbocycles. The van der Waals surface area contributed by atoms with Crippen LogP contribution in [-0.2, 0) is 14.8 Å². The Hall–Kier alpha value is -0.620. The van der Waals surface area contributed by atoms with Crippen LogP contribution in [0.2, 0.25) is 0 Å². The van der Waals surface area contributed by atoms with Crippen molar-refractivity contribution in [3.05, 3.63) is 0 Å². The Balaban J connectivity index is 2.11. The summed E-state index contributed by atoms with van der Waals surface area (Å²) in [4.78, 5) is 11.9. The number of hydrogen-bond donors (Lipinski definition) is 1. The molecule has 2 aliphatic carbocycles. The predicted octanol–water partition coefficient (Wildman–Crippen LogP) is 0.312. The fourth-order valence-corrected chi connectivity index (χ4v) is 7.27. The van der Waals surface area contributed by atoms with Gasteiger partial charge in [0, 0.05) is 5.41 Å². The quantitative estimate of drug-likeness (QED) is 0.745. The molecule has 102 valence electrons. The number of rotatable bonds is 1. The van der Waals surface area contributed by atoms with E-state index < -0.39 is 15.9 Å². The molecule has 0 aromatic rings. The maximum atomic E-state index is 12.3. The molecule has 3 atom stereocenters. The van der Waals surface area contributed by atoms with Crippen molar-refractivity contribution in [2.75, 3.05) is 12.3 Å². The molecule has 2 N–H and O–H groups in total. The van der Waals surface area contributed by atoms with Crippen LogP contribution in [0.3, 0.4) is 0 Å². The molecule has 1 heterocycles. The van der Waals surface area contributed by atoms with E-state index in [1.807, 2.05) is 0 Å². The first-order valence-electron chi connectivity index (χ1n) is 6.51. The summed E-state index contributed by atoms with van der Waals surface area (Å²) in [5.74, 6) is 0.214. The van der Waals surface area contributed by atoms with Gasteiger partial charge in [0.1, 0.15) is 0 Å². The van der Waals surface area contributed by atoms with E-state index in [1.165, 1.54) is 0 Å². The van der Waals surface area contributed by atoms with Gasteiger partial charge in [-0.1, -0.05) is 13.8 Å². The molecule has 3 rings (SSSR count). The summed E-state index contributed by atoms with van der Waals surface area (Å²) in [5, 5.41) is 0. The van der Waals surface area contributed by atoms with Gasteiger partial charge in [-0.2, -0.15) is 0 Å². The topological polar surface area (TPSA) is 80.5 Å². The van der Waals surface area contributed by atoms with Crippen molar-refractivity contribution in [1.29, 1.82) is 0 Å². The molecule has 1 saturated heterocycles. The summed E-state index contributed by atoms with van der Waals surface area (Å²) in [6.45, 7) is 4.10. The molecule has 1 amide bonds. The molecule has 6 heteroatoms. The Labute approximate surface area is 108 Å². The molecule has 1 spiro atoms. The minimum absolute atomic E-state index is 0.00830. The molecule has 3 aliphatic rings. The Kier molecular flexibility index (Phi) is 2.26. The normalized spacial score (nSPS) is 43.2. The van der Waals surface area contributed by atoms with E-state index in [0.29, 0.717) is 5.92 Å². The lowest BCUT2D eigenvalue weighted by atomic mass is 9.69. The highest BCUT2D eigenvalue weighted by molar-refractivity contribution is 7.90. The molecular weight excluding hydrogens is 252 g/mol. The lowest BCUT2D eigenvalue weighted by Crippen LogP contribution is -2.46. The Morgan fingerprint density at radius 3 is 2.67 bits per heavy atom. The van der Waals surface area contributed by atoms with Gasteiger partial charge in [0.25, 0.3) is 0 Å². The van der Waals surface area contributed by atoms with Gasteiger partial charge in [-0.05, 0) is 30.6 Å². The Bertz CT molecular complexity index is 513. The van der Waals surface area contributed by atoms with E-state index in [4.69, 9.17) is 5.73 Å². The largest absolute Gasteiger partial charge is 0.322 e. The lowest BCUT2D eigenvalue weighted by molar-refractivity contribution is -0.127. The van der Waals surface area contributed by atoms with Gasteiger partial charge in [0.2, 0.25) is 15.9 Å². The molecule has 5 nitrogen and oxygen atoms in total. The average Bonchev–Trinajstić information content (AvgIpc) is 2.74. The number of carbonyl (C=O) groups is 1. The number of nitrogens with two attached hydrogens (primary N) is 1. The fourth-order valence-electron chi connectivity index (χ4n) is 4.71. The van der Waals surface area contributed by atoms with Crippen molar-refractivity contribution < 1.29 is 13.2 Å². The predicted molar refractivity (Wildman–Crippen MR) is 67.0 cm³/mol. The van der Waals surface area contributed by atoms with Crippen molar-refractivity contribution in [3.63, 3.8) is 0 Å². The molecular formula is C12H20N2O3S. The highest BCUT2D eigenvalue weighted by atomic mass is 32.2. The van der Waals surface area contributed by atoms with E-state index in [0.717, 1.165) is 23.6 Å². The summed E-state index contributed by atoms with van der Waals surface area (Å²) >= 11 is 0. The molecule has 1 aliphatic heterocycles. The van der Waals surface area contributed by atoms with E-state index in [2.05, 4.69) is 13.8 Å². The second kappa shape index (κ2) is 3.28. The first kappa shape index (κ1) is 12.4. The van der Waals surface area contributed by atoms with Crippen LogP contribution in [-0.4, -0.2) is 37.0 Å². The molecule has 0 aromatic heterocycles. The maximum Gasteiger partial charge on any atom is 0.250 e. The van der Waals surface area contributed by atoms with E-state index in [9.17, 15) is 13.2 Å². The van der Waals surface area contributed by atoms with Crippen LogP contribution < -0.4 is 5.73 Å². The van der Waals surface area contributed by atoms with E-state index in [-0.39, 0.29) is 29.2 Å². The molecule has 18 heavy (non-hydrogen) atoms. The average molecular weight is 272 g/mol. The zero-order chi connectivity index (χ0) is 13.3. The number of nitrogens with zero attached hydrogens (tertiary/aromatic N) is 1. The summed E-state index contributed by atoms with van der Waals surface area (Å²) in [7, 11) is -3.47. The van der Waals surface area contributed by atoms with E-state index in [1.54, 1.807) is 0 Å². The summed E-state index contributed by atoms with van der Waals surface area (Å²) < 4.78 is 25.7. The zero-order valence-electron chi connectivity index (χ0n) is 10.8. The Morgan fingerprint density at radius 1 is 1.44 bits per heavy atom. The molecule has 0 aromatic carbocycles. The third-order valence-corrected chi connectivity index (χ3v) is 7.77. The highest BCUT2D eigenvalue weighted by Crippen LogP contribution is 2.69. The van der Waals surface area contributed by atoms with Gasteiger partial charge in [-0.3, -0.25) is 4.79 Å². The highest BCUT2D eigenvalue weighted by Gasteiger charge is 2.72. The number of fused-ring (bicyclic) bond motifs is 1. The van der Waals surface area contributed by atoms with Crippen molar-refractivity contribution in [2.24, 2.45) is 22.5 Å². The van der Waals surface area contributed by atoms with Crippen LogP contribution in [0.15, 0.2) is 0 Å². The van der Waals surface area contributed by atoms with Gasteiger partial charge < -0.3 is 5.73 Å². The van der Waals surface area contributed by atoms with Gasteiger partial charge in [-0.25, -0.2) is 12.7 Å². The third kappa shape index (κ3) is 1.16. The molecule has 3 unspecified atom stereocenters. The van der Waals surface area contributed by atoms with Crippen LogP contribution >= 0.6 is 0 Å². The van der Waals surface area contributed by atoms with Gasteiger partial charge in [0.15, 0.2) is 0 Å². The maximum absolute atomic E-state index is 12.3. The second-order valence-electron chi connectivity index (χ2n) is 6.51. The fraction of sp³-hybridized carbons (Fsp3) is 0.917. The summed E-state index contributed by atoms with van der Waals surface area (Å²) in [5.41, 5.74) is 5.14. The van der Waals surface area contributed by atoms with Gasteiger partial charge >= 0.3 is 0 Å².